The van der Waals surface area contributed by atoms with E-state index in [0.717, 1.165) is 24.7 Å². The minimum Gasteiger partial charge on any atom is -0.494 e. The van der Waals surface area contributed by atoms with Crippen molar-refractivity contribution in [3.8, 4) is 5.75 Å². The molecule has 1 heteroatoms. The lowest BCUT2D eigenvalue weighted by Gasteiger charge is -2.28. The average Bonchev–Trinajstić information content (AvgIpc) is 3.59. The van der Waals surface area contributed by atoms with Crippen molar-refractivity contribution in [3.05, 3.63) is 206 Å². The molecule has 1 aliphatic rings. The van der Waals surface area contributed by atoms with Crippen LogP contribution in [0.15, 0.2) is 140 Å². The fraction of sp³-hybridized carbons (Fsp3) is 0.556. The number of hydrogen-bond donors (Lipinski definition) is 0. The molecular formula is C81H124O. The van der Waals surface area contributed by atoms with Crippen LogP contribution in [0, 0.1) is 27.7 Å². The van der Waals surface area contributed by atoms with Crippen molar-refractivity contribution in [2.75, 3.05) is 6.61 Å². The van der Waals surface area contributed by atoms with Crippen LogP contribution in [-0.4, -0.2) is 6.61 Å². The van der Waals surface area contributed by atoms with Crippen molar-refractivity contribution in [3.63, 3.8) is 0 Å². The van der Waals surface area contributed by atoms with E-state index in [-0.39, 0.29) is 5.41 Å². The van der Waals surface area contributed by atoms with E-state index in [0.29, 0.717) is 33.0 Å². The van der Waals surface area contributed by atoms with E-state index in [4.69, 9.17) is 4.74 Å². The van der Waals surface area contributed by atoms with Crippen molar-refractivity contribution < 1.29 is 4.74 Å². The highest BCUT2D eigenvalue weighted by molar-refractivity contribution is 5.42. The minimum absolute atomic E-state index is 0.269. The summed E-state index contributed by atoms with van der Waals surface area (Å²) in [6.45, 7) is 57.0. The third kappa shape index (κ3) is 23.6. The highest BCUT2D eigenvalue weighted by Crippen LogP contribution is 2.36. The normalized spacial score (nSPS) is 13.1. The minimum atomic E-state index is 0.269. The molecule has 0 atom stereocenters. The van der Waals surface area contributed by atoms with Crippen LogP contribution in [0.25, 0.3) is 0 Å². The molecule has 0 bridgehead atoms. The van der Waals surface area contributed by atoms with E-state index in [1.54, 1.807) is 5.56 Å². The van der Waals surface area contributed by atoms with E-state index in [9.17, 15) is 0 Å². The smallest absolute Gasteiger partial charge is 0.119 e. The molecule has 7 rings (SSSR count). The Bertz CT molecular complexity index is 2620. The molecule has 1 fully saturated rings. The second kappa shape index (κ2) is 34.2. The van der Waals surface area contributed by atoms with Gasteiger partial charge in [0.1, 0.15) is 5.75 Å². The molecule has 0 saturated heterocycles. The number of hydrogen-bond acceptors (Lipinski definition) is 1. The number of aryl methyl sites for hydroxylation is 4. The second-order valence-corrected chi connectivity index (χ2v) is 28.1. The zero-order valence-electron chi connectivity index (χ0n) is 57.8. The highest BCUT2D eigenvalue weighted by atomic mass is 16.5. The predicted octanol–water partition coefficient (Wildman–Crippen LogP) is 25.0. The summed E-state index contributed by atoms with van der Waals surface area (Å²) in [5, 5.41) is 0. The molecular weight excluding hydrogens is 989 g/mol. The molecule has 6 aromatic rings. The van der Waals surface area contributed by atoms with E-state index in [1.807, 2.05) is 6.92 Å². The monoisotopic (exact) mass is 1110 g/mol. The zero-order valence-corrected chi connectivity index (χ0v) is 57.8. The van der Waals surface area contributed by atoms with E-state index in [2.05, 4.69) is 306 Å². The van der Waals surface area contributed by atoms with Crippen LogP contribution < -0.4 is 4.74 Å². The Balaban J connectivity index is 0.000000338. The molecule has 0 aliphatic heterocycles. The van der Waals surface area contributed by atoms with Gasteiger partial charge in [-0.25, -0.2) is 0 Å². The van der Waals surface area contributed by atoms with Gasteiger partial charge in [-0.1, -0.05) is 296 Å². The summed E-state index contributed by atoms with van der Waals surface area (Å²) in [5.41, 5.74) is 19.2. The fourth-order valence-electron chi connectivity index (χ4n) is 10.5. The molecule has 0 unspecified atom stereocenters. The molecule has 454 valence electrons. The molecule has 6 aromatic carbocycles. The van der Waals surface area contributed by atoms with Gasteiger partial charge in [-0.3, -0.25) is 0 Å². The van der Waals surface area contributed by atoms with Crippen LogP contribution in [0.4, 0.5) is 0 Å². The lowest BCUT2D eigenvalue weighted by atomic mass is 9.77. The van der Waals surface area contributed by atoms with Gasteiger partial charge in [0.05, 0.1) is 6.61 Å². The van der Waals surface area contributed by atoms with Crippen LogP contribution in [0.1, 0.15) is 295 Å². The van der Waals surface area contributed by atoms with E-state index >= 15 is 0 Å². The average molecular weight is 1110 g/mol. The maximum Gasteiger partial charge on any atom is 0.119 e. The van der Waals surface area contributed by atoms with Crippen molar-refractivity contribution in [1.29, 1.82) is 0 Å². The van der Waals surface area contributed by atoms with Gasteiger partial charge in [-0.2, -0.15) is 0 Å². The molecule has 0 aromatic heterocycles. The lowest BCUT2D eigenvalue weighted by Crippen LogP contribution is -2.18. The van der Waals surface area contributed by atoms with Crippen molar-refractivity contribution in [2.45, 2.75) is 288 Å². The second-order valence-electron chi connectivity index (χ2n) is 28.1. The topological polar surface area (TPSA) is 9.23 Å². The van der Waals surface area contributed by atoms with Gasteiger partial charge >= 0.3 is 0 Å². The summed E-state index contributed by atoms with van der Waals surface area (Å²) in [5.74, 6) is 2.43. The molecule has 0 radical (unpaired) electrons. The highest BCUT2D eigenvalue weighted by Gasteiger charge is 2.24. The lowest BCUT2D eigenvalue weighted by molar-refractivity contribution is 0.340. The van der Waals surface area contributed by atoms with E-state index in [1.165, 1.54) is 125 Å². The number of rotatable bonds is 16. The van der Waals surface area contributed by atoms with Crippen LogP contribution in [0.2, 0.25) is 0 Å². The molecule has 0 spiro atoms. The summed E-state index contributed by atoms with van der Waals surface area (Å²) < 4.78 is 5.41. The Morgan fingerprint density at radius 3 is 1.05 bits per heavy atom. The first-order valence-corrected chi connectivity index (χ1v) is 32.5. The van der Waals surface area contributed by atoms with Crippen molar-refractivity contribution in [2.24, 2.45) is 0 Å². The molecule has 1 aliphatic carbocycles. The number of ether oxygens (including phenoxy) is 1. The summed E-state index contributed by atoms with van der Waals surface area (Å²) in [7, 11) is 0. The first kappa shape index (κ1) is 73.2. The molecule has 82 heavy (non-hydrogen) atoms. The molecule has 0 heterocycles. The third-order valence-electron chi connectivity index (χ3n) is 19.1. The van der Waals surface area contributed by atoms with Crippen molar-refractivity contribution in [1.82, 2.24) is 0 Å². The maximum absolute atomic E-state index is 5.41. The Hall–Kier alpha value is -4.88. The molecule has 1 nitrogen and oxygen atoms in total. The van der Waals surface area contributed by atoms with Crippen molar-refractivity contribution >= 4 is 0 Å². The maximum atomic E-state index is 5.41. The van der Waals surface area contributed by atoms with Gasteiger partial charge < -0.3 is 4.74 Å². The van der Waals surface area contributed by atoms with Gasteiger partial charge in [0.25, 0.3) is 0 Å². The predicted molar refractivity (Wildman–Crippen MR) is 369 cm³/mol. The van der Waals surface area contributed by atoms with Gasteiger partial charge in [0.2, 0.25) is 0 Å². The molecule has 0 N–H and O–H groups in total. The van der Waals surface area contributed by atoms with Crippen LogP contribution in [0.5, 0.6) is 5.75 Å². The quantitative estimate of drug-likeness (QED) is 0.0939. The summed E-state index contributed by atoms with van der Waals surface area (Å²) in [6, 6.07) is 51.1. The number of benzene rings is 6. The Morgan fingerprint density at radius 2 is 0.707 bits per heavy atom. The summed E-state index contributed by atoms with van der Waals surface area (Å²) in [6.07, 6.45) is 14.2. The SMILES string of the molecule is CCC(C)(C)c1c(C)cc(C)cc1C.CCC(C)(C)c1ccc(C(C)C)cc1.CCC(C)(C)c1ccc(C)cc1.CCC(C)(C)c1ccc(C2CCCCC2)cc1.CCC(C)(C)c1ccccc1.CCOc1ccc(C(C)(C)CC)cc1. The van der Waals surface area contributed by atoms with Gasteiger partial charge in [-0.05, 0) is 198 Å². The van der Waals surface area contributed by atoms with Crippen LogP contribution in [-0.2, 0) is 32.5 Å². The Labute approximate surface area is 508 Å². The Morgan fingerprint density at radius 1 is 0.378 bits per heavy atom. The van der Waals surface area contributed by atoms with Crippen LogP contribution in [0.3, 0.4) is 0 Å². The Kier molecular flexibility index (Phi) is 30.5. The molecule has 1 saturated carbocycles. The van der Waals surface area contributed by atoms with Gasteiger partial charge in [0, 0.05) is 0 Å². The third-order valence-corrected chi connectivity index (χ3v) is 19.1. The van der Waals surface area contributed by atoms with Gasteiger partial charge in [0.15, 0.2) is 0 Å². The standard InChI is InChI=1S/C17H26.2C14H22.C13H20O.C12H18.C11H16/c1-4-17(2,3)16-12-10-15(11-13-16)14-8-6-5-7-9-14;1-7-14(5,6)13-11(3)8-10(2)9-12(13)4;1-6-14(4,5)13-9-7-12(8-10-13)11(2)3;1-5-13(3,4)11-7-9-12(10-8-11)14-6-2;1-5-12(3,4)11-8-6-10(2)7-9-11;1-4-11(2,3)10-8-6-5-7-9-10/h10-14H,4-9H2,1-3H3;8-9H,7H2,1-6H3;7-11H,6H2,1-5H3;7-10H,5-6H2,1-4H3;6-9H,5H2,1-4H3;5-9H,4H2,1-3H3. The van der Waals surface area contributed by atoms with Crippen LogP contribution >= 0.6 is 0 Å². The molecule has 0 amide bonds. The largest absolute Gasteiger partial charge is 0.494 e. The first-order valence-electron chi connectivity index (χ1n) is 32.5. The summed E-state index contributed by atoms with van der Waals surface area (Å²) in [4.78, 5) is 0. The zero-order chi connectivity index (χ0) is 62.1. The van der Waals surface area contributed by atoms with Gasteiger partial charge in [-0.15, -0.1) is 0 Å². The summed E-state index contributed by atoms with van der Waals surface area (Å²) >= 11 is 0. The van der Waals surface area contributed by atoms with E-state index < -0.39 is 0 Å². The first-order chi connectivity index (χ1) is 38.3. The fourth-order valence-corrected chi connectivity index (χ4v) is 10.5.